The van der Waals surface area contributed by atoms with Crippen molar-refractivity contribution in [2.24, 2.45) is 11.8 Å². The van der Waals surface area contributed by atoms with Gasteiger partial charge in [-0.15, -0.1) is 0 Å². The third-order valence-electron chi connectivity index (χ3n) is 7.63. The topological polar surface area (TPSA) is 15.3 Å². The van der Waals surface area contributed by atoms with E-state index in [4.69, 9.17) is 0 Å². The summed E-state index contributed by atoms with van der Waals surface area (Å²) in [6.45, 7) is 9.51. The molecule has 0 aromatic heterocycles. The molecule has 0 bridgehead atoms. The number of allylic oxidation sites excluding steroid dienone is 9. The average molecular weight is 437 g/mol. The van der Waals surface area contributed by atoms with Crippen molar-refractivity contribution in [1.29, 1.82) is 0 Å². The van der Waals surface area contributed by atoms with Crippen LogP contribution in [0.5, 0.6) is 0 Å². The van der Waals surface area contributed by atoms with Crippen molar-refractivity contribution in [3.63, 3.8) is 0 Å². The third kappa shape index (κ3) is 7.42. The minimum atomic E-state index is 0.528. The van der Waals surface area contributed by atoms with Gasteiger partial charge in [-0.05, 0) is 93.8 Å². The van der Waals surface area contributed by atoms with Crippen LogP contribution < -0.4 is 5.32 Å². The van der Waals surface area contributed by atoms with Crippen molar-refractivity contribution >= 4 is 0 Å². The molecule has 2 fully saturated rings. The third-order valence-corrected chi connectivity index (χ3v) is 7.63. The smallest absolute Gasteiger partial charge is 0.0175 e. The molecule has 0 spiro atoms. The molecule has 0 aromatic carbocycles. The number of hydrogen-bond acceptors (Lipinski definition) is 2. The predicted molar refractivity (Wildman–Crippen MR) is 140 cm³/mol. The van der Waals surface area contributed by atoms with Gasteiger partial charge in [-0.2, -0.15) is 0 Å². The lowest BCUT2D eigenvalue weighted by molar-refractivity contribution is 0.275. The van der Waals surface area contributed by atoms with Crippen LogP contribution in [0, 0.1) is 11.8 Å². The van der Waals surface area contributed by atoms with E-state index in [2.05, 4.69) is 68.4 Å². The Kier molecular flexibility index (Phi) is 10.2. The lowest BCUT2D eigenvalue weighted by atomic mass is 9.90. The van der Waals surface area contributed by atoms with E-state index in [1.54, 1.807) is 16.8 Å². The van der Waals surface area contributed by atoms with E-state index >= 15 is 0 Å². The van der Waals surface area contributed by atoms with Crippen molar-refractivity contribution < 1.29 is 0 Å². The number of nitrogens with one attached hydrogen (secondary N) is 1. The highest BCUT2D eigenvalue weighted by molar-refractivity contribution is 5.38. The molecule has 0 amide bonds. The van der Waals surface area contributed by atoms with Gasteiger partial charge in [0, 0.05) is 38.0 Å². The van der Waals surface area contributed by atoms with Gasteiger partial charge >= 0.3 is 0 Å². The van der Waals surface area contributed by atoms with Crippen LogP contribution in [0.1, 0.15) is 97.8 Å². The van der Waals surface area contributed by atoms with Gasteiger partial charge in [0.25, 0.3) is 0 Å². The van der Waals surface area contributed by atoms with E-state index in [0.717, 1.165) is 12.3 Å². The Hall–Kier alpha value is -1.70. The summed E-state index contributed by atoms with van der Waals surface area (Å²) in [5.74, 6) is 1.34. The quantitative estimate of drug-likeness (QED) is 0.189. The second-order valence-electron chi connectivity index (χ2n) is 10.2. The standard InChI is InChI=1S/C30H48N2/c1-5-6-7-9-14-29(27-16-17-27)25(3)30(31-4)15-12-13-24(2)26-18-20-28(21-19-26)32-22-10-8-11-23-32/h12-14,18,20,24,27,31H,5-11,15-17,19,21-23H2,1-4H3/b13-12+,29-14+,30-25-. The highest BCUT2D eigenvalue weighted by Gasteiger charge is 2.27. The van der Waals surface area contributed by atoms with Crippen LogP contribution in [0.15, 0.2) is 58.5 Å². The summed E-state index contributed by atoms with van der Waals surface area (Å²) in [5, 5.41) is 3.52. The first kappa shape index (κ1) is 24.9. The molecule has 0 aromatic rings. The molecule has 1 heterocycles. The number of nitrogens with zero attached hydrogens (tertiary/aromatic N) is 1. The Labute approximate surface area is 198 Å². The van der Waals surface area contributed by atoms with E-state index < -0.39 is 0 Å². The molecule has 1 aliphatic heterocycles. The minimum absolute atomic E-state index is 0.528. The fourth-order valence-electron chi connectivity index (χ4n) is 5.27. The van der Waals surface area contributed by atoms with Crippen LogP contribution >= 0.6 is 0 Å². The van der Waals surface area contributed by atoms with Gasteiger partial charge in [0.15, 0.2) is 0 Å². The van der Waals surface area contributed by atoms with Crippen LogP contribution in [-0.4, -0.2) is 25.0 Å². The summed E-state index contributed by atoms with van der Waals surface area (Å²) >= 11 is 0. The van der Waals surface area contributed by atoms with Crippen LogP contribution in [-0.2, 0) is 0 Å². The van der Waals surface area contributed by atoms with E-state index in [1.165, 1.54) is 95.0 Å². The molecule has 2 heteroatoms. The monoisotopic (exact) mass is 436 g/mol. The van der Waals surface area contributed by atoms with Crippen molar-refractivity contribution in [1.82, 2.24) is 10.2 Å². The van der Waals surface area contributed by atoms with Gasteiger partial charge in [0.1, 0.15) is 0 Å². The SMILES string of the molecule is CCCCC/C=C(\C(C)=C(\C/C=C/C(C)C1=CC=C(N2CCCCC2)CC1)NC)C1CC1. The summed E-state index contributed by atoms with van der Waals surface area (Å²) < 4.78 is 0. The first-order valence-corrected chi connectivity index (χ1v) is 13.5. The Bertz CT molecular complexity index is 739. The Morgan fingerprint density at radius 3 is 2.53 bits per heavy atom. The summed E-state index contributed by atoms with van der Waals surface area (Å²) in [4.78, 5) is 2.62. The normalized spacial score (nSPS) is 21.9. The van der Waals surface area contributed by atoms with E-state index in [0.29, 0.717) is 5.92 Å². The Morgan fingerprint density at radius 1 is 1.12 bits per heavy atom. The molecule has 1 atom stereocenters. The maximum atomic E-state index is 3.52. The first-order chi connectivity index (χ1) is 15.6. The van der Waals surface area contributed by atoms with Gasteiger partial charge in [-0.1, -0.05) is 56.6 Å². The fourth-order valence-corrected chi connectivity index (χ4v) is 5.27. The summed E-state index contributed by atoms with van der Waals surface area (Å²) in [6, 6.07) is 0. The van der Waals surface area contributed by atoms with Crippen LogP contribution in [0.3, 0.4) is 0 Å². The average Bonchev–Trinajstić information content (AvgIpc) is 3.67. The van der Waals surface area contributed by atoms with Crippen molar-refractivity contribution in [3.8, 4) is 0 Å². The van der Waals surface area contributed by atoms with E-state index in [1.807, 2.05) is 0 Å². The maximum absolute atomic E-state index is 3.52. The molecule has 178 valence electrons. The molecule has 1 saturated carbocycles. The molecule has 0 radical (unpaired) electrons. The molecule has 3 rings (SSSR count). The summed E-state index contributed by atoms with van der Waals surface area (Å²) in [7, 11) is 2.09. The lowest BCUT2D eigenvalue weighted by Crippen LogP contribution is -2.29. The maximum Gasteiger partial charge on any atom is 0.0175 e. The van der Waals surface area contributed by atoms with Gasteiger partial charge in [-0.25, -0.2) is 0 Å². The van der Waals surface area contributed by atoms with Crippen LogP contribution in [0.2, 0.25) is 0 Å². The fraction of sp³-hybridized carbons (Fsp3) is 0.667. The molecule has 1 saturated heterocycles. The van der Waals surface area contributed by atoms with Gasteiger partial charge in [0.2, 0.25) is 0 Å². The first-order valence-electron chi connectivity index (χ1n) is 13.5. The van der Waals surface area contributed by atoms with E-state index in [-0.39, 0.29) is 0 Å². The zero-order chi connectivity index (χ0) is 22.8. The number of rotatable bonds is 12. The molecular formula is C30H48N2. The molecule has 1 N–H and O–H groups in total. The minimum Gasteiger partial charge on any atom is -0.391 e. The second-order valence-corrected chi connectivity index (χ2v) is 10.2. The predicted octanol–water partition coefficient (Wildman–Crippen LogP) is 8.07. The number of likely N-dealkylation sites (tertiary alicyclic amines) is 1. The number of unbranched alkanes of at least 4 members (excludes halogenated alkanes) is 3. The zero-order valence-electron chi connectivity index (χ0n) is 21.4. The molecule has 2 nitrogen and oxygen atoms in total. The highest BCUT2D eigenvalue weighted by atomic mass is 15.1. The molecular weight excluding hydrogens is 388 g/mol. The van der Waals surface area contributed by atoms with Crippen LogP contribution in [0.4, 0.5) is 0 Å². The summed E-state index contributed by atoms with van der Waals surface area (Å²) in [6.07, 6.45) is 27.7. The van der Waals surface area contributed by atoms with E-state index in [9.17, 15) is 0 Å². The van der Waals surface area contributed by atoms with Gasteiger partial charge in [0.05, 0.1) is 0 Å². The molecule has 1 unspecified atom stereocenters. The number of piperidine rings is 1. The zero-order valence-corrected chi connectivity index (χ0v) is 21.4. The van der Waals surface area contributed by atoms with Crippen molar-refractivity contribution in [2.75, 3.05) is 20.1 Å². The molecule has 3 aliphatic rings. The summed E-state index contributed by atoms with van der Waals surface area (Å²) in [5.41, 5.74) is 7.67. The van der Waals surface area contributed by atoms with Gasteiger partial charge in [-0.3, -0.25) is 0 Å². The van der Waals surface area contributed by atoms with Gasteiger partial charge < -0.3 is 10.2 Å². The largest absolute Gasteiger partial charge is 0.391 e. The lowest BCUT2D eigenvalue weighted by Gasteiger charge is -2.33. The van der Waals surface area contributed by atoms with Crippen molar-refractivity contribution in [2.45, 2.75) is 97.8 Å². The van der Waals surface area contributed by atoms with Crippen LogP contribution in [0.25, 0.3) is 0 Å². The molecule has 2 aliphatic carbocycles. The second kappa shape index (κ2) is 13.1. The van der Waals surface area contributed by atoms with Crippen molar-refractivity contribution in [3.05, 3.63) is 58.5 Å². The highest BCUT2D eigenvalue weighted by Crippen LogP contribution is 2.41. The Morgan fingerprint density at radius 2 is 1.91 bits per heavy atom. The molecule has 32 heavy (non-hydrogen) atoms. The number of hydrogen-bond donors (Lipinski definition) is 1. The Balaban J connectivity index is 1.57.